The van der Waals surface area contributed by atoms with Gasteiger partial charge in [0.05, 0.1) is 11.5 Å². The minimum atomic E-state index is -0.435. The first kappa shape index (κ1) is 16.5. The zero-order valence-corrected chi connectivity index (χ0v) is 13.2. The quantitative estimate of drug-likeness (QED) is 0.793. The fourth-order valence-corrected chi connectivity index (χ4v) is 2.61. The summed E-state index contributed by atoms with van der Waals surface area (Å²) >= 11 is 0. The maximum atomic E-state index is 12.1. The van der Waals surface area contributed by atoms with E-state index in [0.29, 0.717) is 5.92 Å². The molecule has 0 spiro atoms. The van der Waals surface area contributed by atoms with Crippen molar-refractivity contribution in [2.45, 2.75) is 84.8 Å². The van der Waals surface area contributed by atoms with Crippen LogP contribution in [0.3, 0.4) is 0 Å². The number of carbonyl (C=O) groups is 1. The topological polar surface area (TPSA) is 46.5 Å². The first-order valence-corrected chi connectivity index (χ1v) is 7.52. The lowest BCUT2D eigenvalue weighted by atomic mass is 9.79. The number of hydrogen-bond donors (Lipinski definition) is 1. The standard InChI is InChI=1S/C16H30O3/c1-15(2,3)19-14(18)16(4,5)10-9-12-7-6-8-13(17)11-12/h12-13,17H,6-11H2,1-5H3/t12-,13-/m1/s1. The molecule has 112 valence electrons. The van der Waals surface area contributed by atoms with Crippen LogP contribution in [0.1, 0.15) is 73.1 Å². The van der Waals surface area contributed by atoms with E-state index in [0.717, 1.165) is 32.1 Å². The molecule has 0 aromatic carbocycles. The van der Waals surface area contributed by atoms with E-state index in [1.54, 1.807) is 0 Å². The SMILES string of the molecule is CC(C)(C)OC(=O)C(C)(C)CC[C@H]1CCC[C@@H](O)C1. The van der Waals surface area contributed by atoms with Crippen LogP contribution in [-0.4, -0.2) is 22.8 Å². The lowest BCUT2D eigenvalue weighted by Gasteiger charge is -2.31. The molecule has 0 aliphatic heterocycles. The molecule has 1 aliphatic carbocycles. The normalized spacial score (nSPS) is 25.2. The molecule has 1 rings (SSSR count). The largest absolute Gasteiger partial charge is 0.460 e. The Kier molecular flexibility index (Phi) is 5.43. The van der Waals surface area contributed by atoms with Crippen molar-refractivity contribution >= 4 is 5.97 Å². The number of esters is 1. The van der Waals surface area contributed by atoms with E-state index in [1.165, 1.54) is 6.42 Å². The van der Waals surface area contributed by atoms with E-state index < -0.39 is 11.0 Å². The van der Waals surface area contributed by atoms with Crippen LogP contribution in [-0.2, 0) is 9.53 Å². The van der Waals surface area contributed by atoms with E-state index in [2.05, 4.69) is 0 Å². The van der Waals surface area contributed by atoms with E-state index >= 15 is 0 Å². The average Bonchev–Trinajstić information content (AvgIpc) is 2.24. The second-order valence-electron chi connectivity index (χ2n) is 7.61. The molecular formula is C16H30O3. The summed E-state index contributed by atoms with van der Waals surface area (Å²) in [7, 11) is 0. The predicted molar refractivity (Wildman–Crippen MR) is 76.8 cm³/mol. The summed E-state index contributed by atoms with van der Waals surface area (Å²) in [4.78, 5) is 12.1. The minimum Gasteiger partial charge on any atom is -0.460 e. The van der Waals surface area contributed by atoms with Crippen LogP contribution in [0, 0.1) is 11.3 Å². The van der Waals surface area contributed by atoms with Crippen LogP contribution in [0.15, 0.2) is 0 Å². The van der Waals surface area contributed by atoms with E-state index in [1.807, 2.05) is 34.6 Å². The van der Waals surface area contributed by atoms with Crippen molar-refractivity contribution in [3.05, 3.63) is 0 Å². The molecule has 1 aliphatic rings. The molecule has 0 saturated heterocycles. The van der Waals surface area contributed by atoms with Crippen molar-refractivity contribution in [2.75, 3.05) is 0 Å². The van der Waals surface area contributed by atoms with Gasteiger partial charge in [-0.3, -0.25) is 4.79 Å². The molecular weight excluding hydrogens is 240 g/mol. The van der Waals surface area contributed by atoms with E-state index in [-0.39, 0.29) is 12.1 Å². The molecule has 1 saturated carbocycles. The zero-order chi connectivity index (χ0) is 14.7. The second kappa shape index (κ2) is 6.25. The molecule has 1 fully saturated rings. The lowest BCUT2D eigenvalue weighted by Crippen LogP contribution is -2.34. The number of ether oxygens (including phenoxy) is 1. The molecule has 0 heterocycles. The number of aliphatic hydroxyl groups excluding tert-OH is 1. The van der Waals surface area contributed by atoms with Crippen molar-refractivity contribution in [1.82, 2.24) is 0 Å². The summed E-state index contributed by atoms with van der Waals surface area (Å²) in [5.41, 5.74) is -0.856. The van der Waals surface area contributed by atoms with Crippen molar-refractivity contribution in [3.63, 3.8) is 0 Å². The molecule has 3 heteroatoms. The first-order valence-electron chi connectivity index (χ1n) is 7.52. The molecule has 0 unspecified atom stereocenters. The average molecular weight is 270 g/mol. The summed E-state index contributed by atoms with van der Waals surface area (Å²) < 4.78 is 5.48. The van der Waals surface area contributed by atoms with Crippen molar-refractivity contribution in [1.29, 1.82) is 0 Å². The summed E-state index contributed by atoms with van der Waals surface area (Å²) in [5.74, 6) is 0.446. The van der Waals surface area contributed by atoms with Crippen molar-refractivity contribution in [3.8, 4) is 0 Å². The Hall–Kier alpha value is -0.570. The van der Waals surface area contributed by atoms with Crippen LogP contribution in [0.25, 0.3) is 0 Å². The zero-order valence-electron chi connectivity index (χ0n) is 13.2. The highest BCUT2D eigenvalue weighted by Gasteiger charge is 2.33. The third kappa shape index (κ3) is 5.94. The second-order valence-corrected chi connectivity index (χ2v) is 7.61. The molecule has 0 aromatic rings. The molecule has 3 nitrogen and oxygen atoms in total. The van der Waals surface area contributed by atoms with Crippen molar-refractivity contribution in [2.24, 2.45) is 11.3 Å². The van der Waals surface area contributed by atoms with Gasteiger partial charge in [0.1, 0.15) is 5.60 Å². The lowest BCUT2D eigenvalue weighted by molar-refractivity contribution is -0.166. The Morgan fingerprint density at radius 3 is 2.37 bits per heavy atom. The summed E-state index contributed by atoms with van der Waals surface area (Å²) in [6.45, 7) is 9.62. The number of rotatable bonds is 4. The molecule has 0 amide bonds. The van der Waals surface area contributed by atoms with Crippen LogP contribution in [0.5, 0.6) is 0 Å². The van der Waals surface area contributed by atoms with Gasteiger partial charge in [-0.2, -0.15) is 0 Å². The Balaban J connectivity index is 2.43. The van der Waals surface area contributed by atoms with Crippen LogP contribution in [0.4, 0.5) is 0 Å². The Labute approximate surface area is 117 Å². The van der Waals surface area contributed by atoms with Gasteiger partial charge in [-0.25, -0.2) is 0 Å². The highest BCUT2D eigenvalue weighted by Crippen LogP contribution is 2.33. The van der Waals surface area contributed by atoms with Gasteiger partial charge in [0.25, 0.3) is 0 Å². The molecule has 1 N–H and O–H groups in total. The fourth-order valence-electron chi connectivity index (χ4n) is 2.61. The summed E-state index contributed by atoms with van der Waals surface area (Å²) in [5, 5.41) is 9.68. The minimum absolute atomic E-state index is 0.114. The molecule has 0 radical (unpaired) electrons. The van der Waals surface area contributed by atoms with Gasteiger partial charge < -0.3 is 9.84 Å². The summed E-state index contributed by atoms with van der Waals surface area (Å²) in [6.07, 6.45) is 5.82. The van der Waals surface area contributed by atoms with Gasteiger partial charge in [-0.1, -0.05) is 12.8 Å². The third-order valence-corrected chi connectivity index (χ3v) is 3.88. The van der Waals surface area contributed by atoms with Crippen LogP contribution >= 0.6 is 0 Å². The molecule has 2 atom stereocenters. The van der Waals surface area contributed by atoms with Gasteiger partial charge >= 0.3 is 5.97 Å². The molecule has 19 heavy (non-hydrogen) atoms. The smallest absolute Gasteiger partial charge is 0.312 e. The van der Waals surface area contributed by atoms with E-state index in [4.69, 9.17) is 4.74 Å². The number of aliphatic hydroxyl groups is 1. The van der Waals surface area contributed by atoms with Gasteiger partial charge in [0.15, 0.2) is 0 Å². The number of hydrogen-bond acceptors (Lipinski definition) is 3. The van der Waals surface area contributed by atoms with Gasteiger partial charge in [0.2, 0.25) is 0 Å². The predicted octanol–water partition coefficient (Wildman–Crippen LogP) is 3.69. The highest BCUT2D eigenvalue weighted by molar-refractivity contribution is 5.76. The maximum Gasteiger partial charge on any atom is 0.312 e. The first-order chi connectivity index (χ1) is 8.60. The van der Waals surface area contributed by atoms with Gasteiger partial charge in [-0.15, -0.1) is 0 Å². The van der Waals surface area contributed by atoms with Crippen LogP contribution < -0.4 is 0 Å². The fraction of sp³-hybridized carbons (Fsp3) is 0.938. The monoisotopic (exact) mass is 270 g/mol. The third-order valence-electron chi connectivity index (χ3n) is 3.88. The van der Waals surface area contributed by atoms with Gasteiger partial charge in [-0.05, 0) is 66.2 Å². The molecule has 0 bridgehead atoms. The summed E-state index contributed by atoms with van der Waals surface area (Å²) in [6, 6.07) is 0. The van der Waals surface area contributed by atoms with Gasteiger partial charge in [0, 0.05) is 0 Å². The Morgan fingerprint density at radius 1 is 1.21 bits per heavy atom. The van der Waals surface area contributed by atoms with Crippen LogP contribution in [0.2, 0.25) is 0 Å². The maximum absolute atomic E-state index is 12.1. The Morgan fingerprint density at radius 2 is 1.84 bits per heavy atom. The number of carbonyl (C=O) groups excluding carboxylic acids is 1. The highest BCUT2D eigenvalue weighted by atomic mass is 16.6. The molecule has 0 aromatic heterocycles. The Bertz CT molecular complexity index is 302. The van der Waals surface area contributed by atoms with Crippen molar-refractivity contribution < 1.29 is 14.6 Å². The van der Waals surface area contributed by atoms with E-state index in [9.17, 15) is 9.90 Å².